The van der Waals surface area contributed by atoms with Crippen molar-refractivity contribution in [2.75, 3.05) is 7.11 Å². The van der Waals surface area contributed by atoms with Crippen LogP contribution < -0.4 is 0 Å². The molecule has 4 rings (SSSR count). The number of fused-ring (bicyclic) bond motifs is 1. The third kappa shape index (κ3) is 2.91. The molecule has 1 N–H and O–H groups in total. The number of pyridine rings is 2. The van der Waals surface area contributed by atoms with Gasteiger partial charge in [-0.2, -0.15) is 0 Å². The van der Waals surface area contributed by atoms with Crippen molar-refractivity contribution in [1.29, 1.82) is 0 Å². The Hall–Kier alpha value is -3.25. The number of benzene rings is 1. The zero-order valence-electron chi connectivity index (χ0n) is 13.7. The quantitative estimate of drug-likeness (QED) is 0.553. The summed E-state index contributed by atoms with van der Waals surface area (Å²) >= 11 is 6.28. The largest absolute Gasteiger partial charge is 0.465 e. The van der Waals surface area contributed by atoms with Crippen molar-refractivity contribution in [3.05, 3.63) is 65.4 Å². The van der Waals surface area contributed by atoms with Crippen LogP contribution in [0, 0.1) is 0 Å². The number of rotatable bonds is 3. The Morgan fingerprint density at radius 3 is 2.58 bits per heavy atom. The van der Waals surface area contributed by atoms with Crippen molar-refractivity contribution in [3.8, 4) is 22.6 Å². The molecule has 0 spiro atoms. The summed E-state index contributed by atoms with van der Waals surface area (Å²) in [5.74, 6) is 0.269. The van der Waals surface area contributed by atoms with Crippen molar-refractivity contribution >= 4 is 28.7 Å². The molecule has 0 amide bonds. The maximum atomic E-state index is 11.6. The number of nitrogens with one attached hydrogen (secondary N) is 1. The lowest BCUT2D eigenvalue weighted by Gasteiger charge is -2.06. The lowest BCUT2D eigenvalue weighted by molar-refractivity contribution is 0.0600. The summed E-state index contributed by atoms with van der Waals surface area (Å²) in [6.45, 7) is 0. The molecule has 0 aliphatic heterocycles. The van der Waals surface area contributed by atoms with Gasteiger partial charge < -0.3 is 9.72 Å². The molecule has 7 heteroatoms. The van der Waals surface area contributed by atoms with Crippen LogP contribution in [0.25, 0.3) is 33.8 Å². The Morgan fingerprint density at radius 2 is 1.88 bits per heavy atom. The van der Waals surface area contributed by atoms with Crippen LogP contribution in [0.1, 0.15) is 10.4 Å². The fraction of sp³-hybridized carbons (Fsp3) is 0.0526. The second-order valence-electron chi connectivity index (χ2n) is 5.58. The summed E-state index contributed by atoms with van der Waals surface area (Å²) in [6.07, 6.45) is 3.16. The zero-order valence-corrected chi connectivity index (χ0v) is 14.5. The molecule has 0 fully saturated rings. The molecule has 0 aliphatic rings. The van der Waals surface area contributed by atoms with Crippen molar-refractivity contribution < 1.29 is 9.53 Å². The van der Waals surface area contributed by atoms with Gasteiger partial charge in [-0.15, -0.1) is 0 Å². The molecule has 0 atom stereocenters. The van der Waals surface area contributed by atoms with Crippen LogP contribution in [-0.2, 0) is 4.74 Å². The van der Waals surface area contributed by atoms with E-state index in [2.05, 4.69) is 24.7 Å². The number of imidazole rings is 1. The maximum absolute atomic E-state index is 11.6. The van der Waals surface area contributed by atoms with Crippen LogP contribution in [-0.4, -0.2) is 33.0 Å². The topological polar surface area (TPSA) is 80.8 Å². The highest BCUT2D eigenvalue weighted by Crippen LogP contribution is 2.28. The molecule has 0 bridgehead atoms. The number of carbonyl (C=O) groups excluding carboxylic acids is 1. The van der Waals surface area contributed by atoms with Gasteiger partial charge in [-0.3, -0.25) is 4.98 Å². The van der Waals surface area contributed by atoms with Gasteiger partial charge in [0.05, 0.1) is 28.9 Å². The number of ether oxygens (including phenoxy) is 1. The van der Waals surface area contributed by atoms with Crippen LogP contribution in [0.4, 0.5) is 0 Å². The molecular weight excluding hydrogens is 352 g/mol. The van der Waals surface area contributed by atoms with Crippen LogP contribution >= 0.6 is 11.6 Å². The lowest BCUT2D eigenvalue weighted by Crippen LogP contribution is -2.02. The molecule has 6 nitrogen and oxygen atoms in total. The molecule has 0 unspecified atom stereocenters. The minimum Gasteiger partial charge on any atom is -0.465 e. The normalized spacial score (nSPS) is 10.8. The van der Waals surface area contributed by atoms with Gasteiger partial charge in [0.25, 0.3) is 0 Å². The highest BCUT2D eigenvalue weighted by molar-refractivity contribution is 6.33. The molecule has 0 radical (unpaired) electrons. The standard InChI is InChI=1S/C19H13ClN4O2/c1-26-19(25)13-9-14(20)16(22-10-13)11-4-6-12(7-5-11)17-23-15-3-2-8-21-18(15)24-17/h2-10H,1H3,(H,21,23,24). The maximum Gasteiger partial charge on any atom is 0.339 e. The molecule has 128 valence electrons. The van der Waals surface area contributed by atoms with Gasteiger partial charge in [-0.25, -0.2) is 14.8 Å². The summed E-state index contributed by atoms with van der Waals surface area (Å²) in [4.78, 5) is 27.8. The number of methoxy groups -OCH3 is 1. The van der Waals surface area contributed by atoms with Crippen molar-refractivity contribution in [1.82, 2.24) is 19.9 Å². The van der Waals surface area contributed by atoms with Gasteiger partial charge in [0.15, 0.2) is 5.65 Å². The van der Waals surface area contributed by atoms with E-state index in [0.717, 1.165) is 22.5 Å². The first-order valence-electron chi connectivity index (χ1n) is 7.81. The number of hydrogen-bond donors (Lipinski definition) is 1. The fourth-order valence-corrected chi connectivity index (χ4v) is 2.92. The van der Waals surface area contributed by atoms with Gasteiger partial charge in [0.1, 0.15) is 5.82 Å². The number of nitrogens with zero attached hydrogens (tertiary/aromatic N) is 3. The fourth-order valence-electron chi connectivity index (χ4n) is 2.65. The first-order valence-corrected chi connectivity index (χ1v) is 8.19. The number of halogens is 1. The van der Waals surface area contributed by atoms with E-state index in [1.165, 1.54) is 13.3 Å². The van der Waals surface area contributed by atoms with Crippen molar-refractivity contribution in [2.45, 2.75) is 0 Å². The number of aromatic amines is 1. The van der Waals surface area contributed by atoms with Crippen LogP contribution in [0.2, 0.25) is 5.02 Å². The number of H-pyrrole nitrogens is 1. The van der Waals surface area contributed by atoms with Crippen LogP contribution in [0.15, 0.2) is 54.9 Å². The number of aromatic nitrogens is 4. The van der Waals surface area contributed by atoms with Gasteiger partial charge in [0, 0.05) is 23.5 Å². The van der Waals surface area contributed by atoms with Gasteiger partial charge in [-0.05, 0) is 18.2 Å². The molecule has 0 saturated heterocycles. The second-order valence-corrected chi connectivity index (χ2v) is 5.99. The average Bonchev–Trinajstić information content (AvgIpc) is 3.11. The molecule has 26 heavy (non-hydrogen) atoms. The Labute approximate surface area is 153 Å². The van der Waals surface area contributed by atoms with E-state index in [9.17, 15) is 4.79 Å². The van der Waals surface area contributed by atoms with Gasteiger partial charge >= 0.3 is 5.97 Å². The second kappa shape index (κ2) is 6.57. The van der Waals surface area contributed by atoms with Gasteiger partial charge in [-0.1, -0.05) is 35.9 Å². The Morgan fingerprint density at radius 1 is 1.12 bits per heavy atom. The number of carbonyl (C=O) groups is 1. The van der Waals surface area contributed by atoms with E-state index in [1.54, 1.807) is 12.3 Å². The first kappa shape index (κ1) is 16.2. The summed E-state index contributed by atoms with van der Waals surface area (Å²) in [5, 5.41) is 0.383. The molecular formula is C19H13ClN4O2. The molecule has 4 aromatic rings. The van der Waals surface area contributed by atoms with Crippen molar-refractivity contribution in [2.24, 2.45) is 0 Å². The minimum absolute atomic E-state index is 0.313. The van der Waals surface area contributed by atoms with Gasteiger partial charge in [0.2, 0.25) is 0 Å². The molecule has 0 saturated carbocycles. The monoisotopic (exact) mass is 364 g/mol. The van der Waals surface area contributed by atoms with Crippen LogP contribution in [0.3, 0.4) is 0 Å². The zero-order chi connectivity index (χ0) is 18.1. The van der Waals surface area contributed by atoms with E-state index in [-0.39, 0.29) is 0 Å². The summed E-state index contributed by atoms with van der Waals surface area (Å²) < 4.78 is 4.67. The van der Waals surface area contributed by atoms with E-state index in [0.29, 0.717) is 21.9 Å². The highest BCUT2D eigenvalue weighted by Gasteiger charge is 2.12. The van der Waals surface area contributed by atoms with E-state index in [4.69, 9.17) is 11.6 Å². The Bertz CT molecular complexity index is 1070. The smallest absolute Gasteiger partial charge is 0.339 e. The average molecular weight is 365 g/mol. The van der Waals surface area contributed by atoms with Crippen LogP contribution in [0.5, 0.6) is 0 Å². The molecule has 3 heterocycles. The third-order valence-electron chi connectivity index (χ3n) is 3.95. The number of hydrogen-bond acceptors (Lipinski definition) is 5. The van der Waals surface area contributed by atoms with E-state index >= 15 is 0 Å². The predicted octanol–water partition coefficient (Wildman–Crippen LogP) is 4.13. The number of esters is 1. The Kier molecular flexibility index (Phi) is 4.10. The molecule has 0 aliphatic carbocycles. The molecule has 3 aromatic heterocycles. The summed E-state index contributed by atoms with van der Waals surface area (Å²) in [6, 6.07) is 13.0. The summed E-state index contributed by atoms with van der Waals surface area (Å²) in [7, 11) is 1.32. The third-order valence-corrected chi connectivity index (χ3v) is 4.24. The highest BCUT2D eigenvalue weighted by atomic mass is 35.5. The first-order chi connectivity index (χ1) is 12.7. The Balaban J connectivity index is 1.66. The minimum atomic E-state index is -0.472. The van der Waals surface area contributed by atoms with E-state index in [1.807, 2.05) is 36.4 Å². The molecule has 1 aromatic carbocycles. The predicted molar refractivity (Wildman–Crippen MR) is 98.9 cm³/mol. The SMILES string of the molecule is COC(=O)c1cnc(-c2ccc(-c3nc4ncccc4[nH]3)cc2)c(Cl)c1. The van der Waals surface area contributed by atoms with Crippen molar-refractivity contribution in [3.63, 3.8) is 0 Å². The summed E-state index contributed by atoms with van der Waals surface area (Å²) in [5.41, 5.74) is 4.23. The lowest BCUT2D eigenvalue weighted by atomic mass is 10.1. The van der Waals surface area contributed by atoms with E-state index < -0.39 is 5.97 Å².